The van der Waals surface area contributed by atoms with Gasteiger partial charge in [0.15, 0.2) is 0 Å². The number of carbonyl (C=O) groups is 2. The van der Waals surface area contributed by atoms with Crippen LogP contribution in [0.1, 0.15) is 45.4 Å². The van der Waals surface area contributed by atoms with E-state index in [9.17, 15) is 9.59 Å². The van der Waals surface area contributed by atoms with Crippen LogP contribution < -0.4 is 0 Å². The average molecular weight is 290 g/mol. The zero-order chi connectivity index (χ0) is 14.1. The average Bonchev–Trinajstić information content (AvgIpc) is 2.44. The fourth-order valence-corrected chi connectivity index (χ4v) is 2.41. The van der Waals surface area contributed by atoms with Crippen molar-refractivity contribution < 1.29 is 14.3 Å². The maximum absolute atomic E-state index is 11.8. The lowest BCUT2D eigenvalue weighted by molar-refractivity contribution is -0.151. The van der Waals surface area contributed by atoms with E-state index in [1.807, 2.05) is 0 Å². The van der Waals surface area contributed by atoms with Crippen molar-refractivity contribution in [1.29, 1.82) is 0 Å². The first kappa shape index (κ1) is 16.3. The van der Waals surface area contributed by atoms with Crippen molar-refractivity contribution in [3.8, 4) is 0 Å². The molecule has 0 aliphatic carbocycles. The molecule has 1 fully saturated rings. The summed E-state index contributed by atoms with van der Waals surface area (Å²) in [6.07, 6.45) is 4.96. The molecular weight excluding hydrogens is 266 g/mol. The Balaban J connectivity index is 2.21. The van der Waals surface area contributed by atoms with E-state index in [2.05, 4.69) is 6.92 Å². The quantitative estimate of drug-likeness (QED) is 0.411. The molecule has 1 amide bonds. The summed E-state index contributed by atoms with van der Waals surface area (Å²) < 4.78 is 5.26. The Morgan fingerprint density at radius 1 is 1.26 bits per heavy atom. The molecule has 5 heteroatoms. The molecule has 1 aliphatic heterocycles. The Morgan fingerprint density at radius 3 is 2.53 bits per heavy atom. The van der Waals surface area contributed by atoms with Gasteiger partial charge in [-0.05, 0) is 19.3 Å². The number of rotatable bonds is 7. The largest absolute Gasteiger partial charge is 0.465 e. The molecule has 0 spiro atoms. The van der Waals surface area contributed by atoms with E-state index in [1.165, 1.54) is 0 Å². The molecule has 1 aliphatic rings. The highest BCUT2D eigenvalue weighted by atomic mass is 35.5. The first-order chi connectivity index (χ1) is 9.19. The van der Waals surface area contributed by atoms with Crippen molar-refractivity contribution >= 4 is 23.5 Å². The van der Waals surface area contributed by atoms with Crippen LogP contribution in [0.4, 0.5) is 0 Å². The molecular formula is C14H24ClNO3. The van der Waals surface area contributed by atoms with Gasteiger partial charge in [-0.2, -0.15) is 0 Å². The van der Waals surface area contributed by atoms with E-state index in [4.69, 9.17) is 16.3 Å². The zero-order valence-electron chi connectivity index (χ0n) is 11.7. The maximum atomic E-state index is 11.8. The second kappa shape index (κ2) is 9.18. The Labute approximate surface area is 120 Å². The third kappa shape index (κ3) is 5.81. The number of halogens is 1. The topological polar surface area (TPSA) is 46.6 Å². The third-order valence-corrected chi connectivity index (χ3v) is 3.67. The van der Waals surface area contributed by atoms with E-state index >= 15 is 0 Å². The van der Waals surface area contributed by atoms with Gasteiger partial charge in [-0.3, -0.25) is 9.59 Å². The number of likely N-dealkylation sites (tertiary alicyclic amines) is 1. The minimum Gasteiger partial charge on any atom is -0.465 e. The fraction of sp³-hybridized carbons (Fsp3) is 0.857. The van der Waals surface area contributed by atoms with E-state index < -0.39 is 0 Å². The van der Waals surface area contributed by atoms with E-state index in [1.54, 1.807) is 4.90 Å². The van der Waals surface area contributed by atoms with Crippen LogP contribution in [-0.2, 0) is 14.3 Å². The van der Waals surface area contributed by atoms with E-state index in [0.29, 0.717) is 44.8 Å². The highest BCUT2D eigenvalue weighted by molar-refractivity contribution is 6.18. The number of hydrogen-bond acceptors (Lipinski definition) is 3. The zero-order valence-corrected chi connectivity index (χ0v) is 12.5. The number of hydrogen-bond donors (Lipinski definition) is 0. The van der Waals surface area contributed by atoms with E-state index in [-0.39, 0.29) is 17.8 Å². The predicted octanol–water partition coefficient (Wildman–Crippen LogP) is 2.59. The highest BCUT2D eigenvalue weighted by Gasteiger charge is 2.27. The number of esters is 1. The van der Waals surface area contributed by atoms with Crippen LogP contribution in [0.5, 0.6) is 0 Å². The highest BCUT2D eigenvalue weighted by Crippen LogP contribution is 2.19. The normalized spacial score (nSPS) is 16.4. The van der Waals surface area contributed by atoms with Gasteiger partial charge in [-0.25, -0.2) is 0 Å². The Hall–Kier alpha value is -0.770. The molecule has 0 aromatic rings. The van der Waals surface area contributed by atoms with Crippen molar-refractivity contribution in [3.63, 3.8) is 0 Å². The summed E-state index contributed by atoms with van der Waals surface area (Å²) in [7, 11) is 0. The second-order valence-corrected chi connectivity index (χ2v) is 5.35. The summed E-state index contributed by atoms with van der Waals surface area (Å²) in [6, 6.07) is 0. The molecule has 0 N–H and O–H groups in total. The number of amides is 1. The summed E-state index contributed by atoms with van der Waals surface area (Å²) in [5.41, 5.74) is 0. The summed E-state index contributed by atoms with van der Waals surface area (Å²) in [5.74, 6) is 0.310. The molecule has 0 unspecified atom stereocenters. The van der Waals surface area contributed by atoms with Gasteiger partial charge in [0.1, 0.15) is 0 Å². The van der Waals surface area contributed by atoms with Crippen molar-refractivity contribution in [2.24, 2.45) is 5.92 Å². The number of nitrogens with zero attached hydrogens (tertiary/aromatic N) is 1. The van der Waals surface area contributed by atoms with Crippen molar-refractivity contribution in [2.75, 3.05) is 25.6 Å². The van der Waals surface area contributed by atoms with Gasteiger partial charge < -0.3 is 9.64 Å². The van der Waals surface area contributed by atoms with Crippen LogP contribution in [0, 0.1) is 5.92 Å². The summed E-state index contributed by atoms with van der Waals surface area (Å²) in [5, 5.41) is 0. The van der Waals surface area contributed by atoms with Gasteiger partial charge >= 0.3 is 5.97 Å². The molecule has 0 radical (unpaired) electrons. The lowest BCUT2D eigenvalue weighted by atomic mass is 9.97. The third-order valence-electron chi connectivity index (χ3n) is 3.48. The van der Waals surface area contributed by atoms with Crippen LogP contribution >= 0.6 is 11.6 Å². The fourth-order valence-electron chi connectivity index (χ4n) is 2.25. The van der Waals surface area contributed by atoms with Gasteiger partial charge in [0.25, 0.3) is 0 Å². The predicted molar refractivity (Wildman–Crippen MR) is 75.1 cm³/mol. The first-order valence-electron chi connectivity index (χ1n) is 7.19. The van der Waals surface area contributed by atoms with Crippen molar-refractivity contribution in [2.45, 2.75) is 45.4 Å². The summed E-state index contributed by atoms with van der Waals surface area (Å²) in [6.45, 7) is 3.93. The van der Waals surface area contributed by atoms with Gasteiger partial charge in [-0.15, -0.1) is 11.6 Å². The van der Waals surface area contributed by atoms with Crippen LogP contribution in [0.2, 0.25) is 0 Å². The van der Waals surface area contributed by atoms with Crippen LogP contribution in [-0.4, -0.2) is 42.4 Å². The van der Waals surface area contributed by atoms with Crippen LogP contribution in [0.25, 0.3) is 0 Å². The molecule has 4 nitrogen and oxygen atoms in total. The van der Waals surface area contributed by atoms with Crippen molar-refractivity contribution in [1.82, 2.24) is 4.90 Å². The SMILES string of the molecule is CCCCCOC(=O)C1CCN(C(=O)CCCl)CC1. The molecule has 1 heterocycles. The maximum Gasteiger partial charge on any atom is 0.309 e. The number of ether oxygens (including phenoxy) is 1. The lowest BCUT2D eigenvalue weighted by Crippen LogP contribution is -2.40. The molecule has 0 atom stereocenters. The molecule has 1 saturated heterocycles. The van der Waals surface area contributed by atoms with Gasteiger partial charge in [0.05, 0.1) is 12.5 Å². The Morgan fingerprint density at radius 2 is 1.95 bits per heavy atom. The Bertz CT molecular complexity index is 288. The second-order valence-electron chi connectivity index (χ2n) is 4.97. The summed E-state index contributed by atoms with van der Waals surface area (Å²) >= 11 is 5.56. The summed E-state index contributed by atoms with van der Waals surface area (Å²) in [4.78, 5) is 25.3. The minimum absolute atomic E-state index is 0.0401. The molecule has 19 heavy (non-hydrogen) atoms. The Kier molecular flexibility index (Phi) is 7.87. The lowest BCUT2D eigenvalue weighted by Gasteiger charge is -2.30. The molecule has 110 valence electrons. The number of unbranched alkanes of at least 4 members (excludes halogenated alkanes) is 2. The van der Waals surface area contributed by atoms with Crippen LogP contribution in [0.15, 0.2) is 0 Å². The molecule has 0 aromatic heterocycles. The molecule has 1 rings (SSSR count). The van der Waals surface area contributed by atoms with Gasteiger partial charge in [-0.1, -0.05) is 19.8 Å². The number of alkyl halides is 1. The first-order valence-corrected chi connectivity index (χ1v) is 7.72. The number of piperidine rings is 1. The standard InChI is InChI=1S/C14H24ClNO3/c1-2-3-4-11-19-14(18)12-6-9-16(10-7-12)13(17)5-8-15/h12H,2-11H2,1H3. The monoisotopic (exact) mass is 289 g/mol. The van der Waals surface area contributed by atoms with Crippen LogP contribution in [0.3, 0.4) is 0 Å². The smallest absolute Gasteiger partial charge is 0.309 e. The van der Waals surface area contributed by atoms with Crippen molar-refractivity contribution in [3.05, 3.63) is 0 Å². The molecule has 0 bridgehead atoms. The molecule has 0 saturated carbocycles. The number of carbonyl (C=O) groups excluding carboxylic acids is 2. The minimum atomic E-state index is -0.0967. The van der Waals surface area contributed by atoms with Gasteiger partial charge in [0.2, 0.25) is 5.91 Å². The molecule has 0 aromatic carbocycles. The van der Waals surface area contributed by atoms with E-state index in [0.717, 1.165) is 19.3 Å². The van der Waals surface area contributed by atoms with Gasteiger partial charge in [0, 0.05) is 25.4 Å².